The van der Waals surface area contributed by atoms with E-state index in [1.165, 1.54) is 0 Å². The van der Waals surface area contributed by atoms with Crippen molar-refractivity contribution in [1.82, 2.24) is 9.88 Å². The van der Waals surface area contributed by atoms with E-state index in [2.05, 4.69) is 18.8 Å². The molecule has 2 heterocycles. The lowest BCUT2D eigenvalue weighted by Gasteiger charge is -2.25. The van der Waals surface area contributed by atoms with E-state index in [9.17, 15) is 14.7 Å². The Kier molecular flexibility index (Phi) is 7.59. The zero-order valence-corrected chi connectivity index (χ0v) is 20.8. The van der Waals surface area contributed by atoms with Crippen LogP contribution in [-0.4, -0.2) is 39.8 Å². The maximum absolute atomic E-state index is 13.3. The Labute approximate surface area is 206 Å². The number of nitrogens with one attached hydrogen (secondary N) is 1. The van der Waals surface area contributed by atoms with Crippen molar-refractivity contribution in [2.75, 3.05) is 13.2 Å². The van der Waals surface area contributed by atoms with Crippen molar-refractivity contribution < 1.29 is 19.4 Å². The number of aryl methyl sites for hydroxylation is 1. The zero-order valence-electron chi connectivity index (χ0n) is 20.8. The molecular formula is C29H34N2O4. The summed E-state index contributed by atoms with van der Waals surface area (Å²) >= 11 is 0. The molecule has 2 aromatic carbocycles. The maximum Gasteiger partial charge on any atom is 0.295 e. The van der Waals surface area contributed by atoms with Gasteiger partial charge in [0.15, 0.2) is 0 Å². The molecule has 6 nitrogen and oxygen atoms in total. The number of carbonyl (C=O) groups is 2. The molecule has 0 radical (unpaired) electrons. The average Bonchev–Trinajstić information content (AvgIpc) is 3.32. The Hall–Kier alpha value is -3.54. The number of unbranched alkanes of at least 4 members (excludes halogenated alkanes) is 3. The van der Waals surface area contributed by atoms with Gasteiger partial charge < -0.3 is 19.7 Å². The average molecular weight is 475 g/mol. The van der Waals surface area contributed by atoms with Crippen molar-refractivity contribution in [3.8, 4) is 5.75 Å². The van der Waals surface area contributed by atoms with Gasteiger partial charge in [-0.3, -0.25) is 9.59 Å². The Balaban J connectivity index is 1.76. The Morgan fingerprint density at radius 2 is 1.71 bits per heavy atom. The fraction of sp³-hybridized carbons (Fsp3) is 0.379. The standard InChI is InChI=1S/C29H34N2O4/c1-4-6-10-18-35-21-15-13-20(14-16-21)27(32)25-26(31(17-7-5-2)29(34)28(25)33)24-19(3)30-23-12-9-8-11-22(23)24/h8-9,11-16,26,30,32H,4-7,10,17-18H2,1-3H3/b27-25+. The second-order valence-corrected chi connectivity index (χ2v) is 9.14. The summed E-state index contributed by atoms with van der Waals surface area (Å²) in [6, 6.07) is 14.3. The van der Waals surface area contributed by atoms with Crippen LogP contribution in [0.25, 0.3) is 16.7 Å². The number of carbonyl (C=O) groups excluding carboxylic acids is 2. The van der Waals surface area contributed by atoms with Gasteiger partial charge in [0.1, 0.15) is 11.5 Å². The third kappa shape index (κ3) is 4.83. The number of H-pyrrole nitrogens is 1. The lowest BCUT2D eigenvalue weighted by molar-refractivity contribution is -0.139. The highest BCUT2D eigenvalue weighted by molar-refractivity contribution is 6.46. The monoisotopic (exact) mass is 474 g/mol. The summed E-state index contributed by atoms with van der Waals surface area (Å²) < 4.78 is 5.78. The molecule has 1 aromatic heterocycles. The van der Waals surface area contributed by atoms with E-state index in [0.29, 0.717) is 24.5 Å². The zero-order chi connectivity index (χ0) is 24.9. The first-order valence-electron chi connectivity index (χ1n) is 12.6. The highest BCUT2D eigenvalue weighted by Gasteiger charge is 2.47. The number of aromatic amines is 1. The number of Topliss-reactive ketones (excluding diaryl/α,β-unsaturated/α-hetero) is 1. The maximum atomic E-state index is 13.3. The van der Waals surface area contributed by atoms with E-state index in [1.54, 1.807) is 29.2 Å². The van der Waals surface area contributed by atoms with Crippen molar-refractivity contribution in [3.63, 3.8) is 0 Å². The summed E-state index contributed by atoms with van der Waals surface area (Å²) in [6.45, 7) is 7.23. The smallest absolute Gasteiger partial charge is 0.295 e. The molecule has 184 valence electrons. The molecule has 1 aliphatic heterocycles. The lowest BCUT2D eigenvalue weighted by Crippen LogP contribution is -2.30. The largest absolute Gasteiger partial charge is 0.507 e. The van der Waals surface area contributed by atoms with Gasteiger partial charge in [0.2, 0.25) is 0 Å². The van der Waals surface area contributed by atoms with Crippen LogP contribution in [0.3, 0.4) is 0 Å². The van der Waals surface area contributed by atoms with Crippen LogP contribution in [0.5, 0.6) is 5.75 Å². The molecule has 0 spiro atoms. The number of aliphatic hydroxyl groups excluding tert-OH is 1. The first-order chi connectivity index (χ1) is 17.0. The predicted molar refractivity (Wildman–Crippen MR) is 138 cm³/mol. The minimum absolute atomic E-state index is 0.135. The Morgan fingerprint density at radius 1 is 1.00 bits per heavy atom. The third-order valence-corrected chi connectivity index (χ3v) is 6.65. The number of hydrogen-bond donors (Lipinski definition) is 2. The molecule has 4 rings (SSSR count). The lowest BCUT2D eigenvalue weighted by atomic mass is 9.93. The Bertz CT molecular complexity index is 1240. The first-order valence-corrected chi connectivity index (χ1v) is 12.6. The van der Waals surface area contributed by atoms with Crippen molar-refractivity contribution in [1.29, 1.82) is 0 Å². The van der Waals surface area contributed by atoms with Crippen LogP contribution in [0.4, 0.5) is 0 Å². The van der Waals surface area contributed by atoms with Crippen LogP contribution in [0.15, 0.2) is 54.1 Å². The molecule has 0 aliphatic carbocycles. The molecule has 3 aromatic rings. The number of fused-ring (bicyclic) bond motifs is 1. The quantitative estimate of drug-likeness (QED) is 0.157. The number of para-hydroxylation sites is 1. The van der Waals surface area contributed by atoms with E-state index in [-0.39, 0.29) is 11.3 Å². The van der Waals surface area contributed by atoms with E-state index >= 15 is 0 Å². The van der Waals surface area contributed by atoms with Gasteiger partial charge in [0, 0.05) is 34.3 Å². The fourth-order valence-electron chi connectivity index (χ4n) is 4.80. The van der Waals surface area contributed by atoms with Gasteiger partial charge in [-0.05, 0) is 50.1 Å². The Morgan fingerprint density at radius 3 is 2.43 bits per heavy atom. The molecule has 0 saturated carbocycles. The normalized spacial score (nSPS) is 17.5. The van der Waals surface area contributed by atoms with Crippen LogP contribution < -0.4 is 4.74 Å². The molecule has 1 atom stereocenters. The molecule has 1 unspecified atom stereocenters. The molecule has 1 amide bonds. The molecule has 6 heteroatoms. The van der Waals surface area contributed by atoms with Crippen LogP contribution in [0.2, 0.25) is 0 Å². The highest BCUT2D eigenvalue weighted by atomic mass is 16.5. The SMILES string of the molecule is CCCCCOc1ccc(/C(O)=C2\C(=O)C(=O)N(CCCC)C2c2c(C)[nH]c3ccccc23)cc1. The van der Waals surface area contributed by atoms with E-state index in [0.717, 1.165) is 54.3 Å². The minimum atomic E-state index is -0.650. The van der Waals surface area contributed by atoms with Crippen LogP contribution in [0.1, 0.15) is 68.8 Å². The molecule has 0 bridgehead atoms. The number of ketones is 1. The third-order valence-electron chi connectivity index (χ3n) is 6.65. The number of likely N-dealkylation sites (tertiary alicyclic amines) is 1. The number of hydrogen-bond acceptors (Lipinski definition) is 4. The molecule has 1 saturated heterocycles. The van der Waals surface area contributed by atoms with Gasteiger partial charge in [-0.15, -0.1) is 0 Å². The second-order valence-electron chi connectivity index (χ2n) is 9.14. The van der Waals surface area contributed by atoms with Gasteiger partial charge >= 0.3 is 0 Å². The number of ether oxygens (including phenoxy) is 1. The summed E-state index contributed by atoms with van der Waals surface area (Å²) in [6.07, 6.45) is 4.90. The number of aliphatic hydroxyl groups is 1. The van der Waals surface area contributed by atoms with Crippen LogP contribution in [0, 0.1) is 6.92 Å². The number of nitrogens with zero attached hydrogens (tertiary/aromatic N) is 1. The molecular weight excluding hydrogens is 440 g/mol. The number of aromatic nitrogens is 1. The number of amides is 1. The topological polar surface area (TPSA) is 82.6 Å². The fourth-order valence-corrected chi connectivity index (χ4v) is 4.80. The van der Waals surface area contributed by atoms with E-state index in [1.807, 2.05) is 31.2 Å². The molecule has 2 N–H and O–H groups in total. The number of benzene rings is 2. The van der Waals surface area contributed by atoms with Gasteiger partial charge in [-0.2, -0.15) is 0 Å². The van der Waals surface area contributed by atoms with E-state index in [4.69, 9.17) is 4.74 Å². The van der Waals surface area contributed by atoms with Crippen LogP contribution >= 0.6 is 0 Å². The summed E-state index contributed by atoms with van der Waals surface area (Å²) in [7, 11) is 0. The second kappa shape index (κ2) is 10.8. The van der Waals surface area contributed by atoms with Gasteiger partial charge in [-0.25, -0.2) is 0 Å². The van der Waals surface area contributed by atoms with Gasteiger partial charge in [0.05, 0.1) is 18.2 Å². The minimum Gasteiger partial charge on any atom is -0.507 e. The van der Waals surface area contributed by atoms with Crippen molar-refractivity contribution in [2.45, 2.75) is 58.9 Å². The van der Waals surface area contributed by atoms with Gasteiger partial charge in [0.25, 0.3) is 11.7 Å². The summed E-state index contributed by atoms with van der Waals surface area (Å²) in [4.78, 5) is 31.4. The highest BCUT2D eigenvalue weighted by Crippen LogP contribution is 2.43. The van der Waals surface area contributed by atoms with E-state index < -0.39 is 17.7 Å². The summed E-state index contributed by atoms with van der Waals surface area (Å²) in [5, 5.41) is 12.3. The predicted octanol–water partition coefficient (Wildman–Crippen LogP) is 6.27. The van der Waals surface area contributed by atoms with Crippen molar-refractivity contribution >= 4 is 28.4 Å². The summed E-state index contributed by atoms with van der Waals surface area (Å²) in [5.74, 6) is -0.654. The molecule has 35 heavy (non-hydrogen) atoms. The first kappa shape index (κ1) is 24.6. The molecule has 1 aliphatic rings. The molecule has 1 fully saturated rings. The number of rotatable bonds is 10. The van der Waals surface area contributed by atoms with Crippen LogP contribution in [-0.2, 0) is 9.59 Å². The summed E-state index contributed by atoms with van der Waals surface area (Å²) in [5.41, 5.74) is 3.29. The van der Waals surface area contributed by atoms with Crippen molar-refractivity contribution in [2.24, 2.45) is 0 Å². The van der Waals surface area contributed by atoms with Crippen molar-refractivity contribution in [3.05, 3.63) is 70.9 Å². The van der Waals surface area contributed by atoms with Gasteiger partial charge in [-0.1, -0.05) is 51.3 Å².